The molecule has 3 aromatic heterocycles. The van der Waals surface area contributed by atoms with Gasteiger partial charge in [-0.3, -0.25) is 8.97 Å². The minimum Gasteiger partial charge on any atom is -0.381 e. The molecule has 0 saturated heterocycles. The quantitative estimate of drug-likeness (QED) is 0.319. The number of aromatic nitrogens is 5. The highest BCUT2D eigenvalue weighted by Gasteiger charge is 2.75. The van der Waals surface area contributed by atoms with E-state index in [1.54, 1.807) is 31.6 Å². The number of ether oxygens (including phenoxy) is 1. The third-order valence-corrected chi connectivity index (χ3v) is 9.51. The monoisotopic (exact) mass is 588 g/mol. The number of rotatable bonds is 7. The van der Waals surface area contributed by atoms with Crippen LogP contribution in [0.25, 0.3) is 11.2 Å². The Morgan fingerprint density at radius 3 is 2.48 bits per heavy atom. The molecule has 3 aliphatic rings. The van der Waals surface area contributed by atoms with E-state index in [-0.39, 0.29) is 36.2 Å². The molecule has 3 heterocycles. The summed E-state index contributed by atoms with van der Waals surface area (Å²) in [6.45, 7) is 0.0271. The number of fused-ring (bicyclic) bond motifs is 1. The maximum Gasteiger partial charge on any atom is 0.418 e. The lowest BCUT2D eigenvalue weighted by molar-refractivity contribution is -0.136. The van der Waals surface area contributed by atoms with Gasteiger partial charge in [-0.25, -0.2) is 13.6 Å². The second-order valence-corrected chi connectivity index (χ2v) is 12.1. The van der Waals surface area contributed by atoms with E-state index in [9.17, 15) is 26.7 Å². The minimum atomic E-state index is -4.71. The Kier molecular flexibility index (Phi) is 5.82. The van der Waals surface area contributed by atoms with Crippen LogP contribution in [0.5, 0.6) is 0 Å². The molecule has 3 saturated carbocycles. The predicted octanol–water partition coefficient (Wildman–Crippen LogP) is 4.61. The average molecular weight is 589 g/mol. The summed E-state index contributed by atoms with van der Waals surface area (Å²) in [5.41, 5.74) is -1.81. The highest BCUT2D eigenvalue weighted by Crippen LogP contribution is 2.70. The molecule has 1 aromatic carbocycles. The molecule has 1 spiro atoms. The highest BCUT2D eigenvalue weighted by atomic mass is 19.4. The summed E-state index contributed by atoms with van der Waals surface area (Å²) in [6.07, 6.45) is 1.24. The smallest absolute Gasteiger partial charge is 0.381 e. The van der Waals surface area contributed by atoms with E-state index in [1.165, 1.54) is 17.0 Å². The number of benzene rings is 1. The Bertz CT molecular complexity index is 1740. The number of hydrogen-bond donors (Lipinski definition) is 1. The summed E-state index contributed by atoms with van der Waals surface area (Å²) in [6, 6.07) is 7.99. The van der Waals surface area contributed by atoms with E-state index in [1.807, 2.05) is 17.7 Å². The van der Waals surface area contributed by atoms with Crippen molar-refractivity contribution < 1.29 is 26.7 Å². The molecule has 1 N–H and O–H groups in total. The predicted molar refractivity (Wildman–Crippen MR) is 142 cm³/mol. The van der Waals surface area contributed by atoms with E-state index in [2.05, 4.69) is 15.5 Å². The molecular weight excluding hydrogens is 559 g/mol. The number of aryl methyl sites for hydroxylation is 1. The van der Waals surface area contributed by atoms with Gasteiger partial charge in [0.15, 0.2) is 0 Å². The number of methoxy groups -OCH3 is 1. The lowest BCUT2D eigenvalue weighted by atomic mass is 9.62. The molecular formula is C29H29F5N6O2. The Morgan fingerprint density at radius 1 is 1.12 bits per heavy atom. The lowest BCUT2D eigenvalue weighted by Crippen LogP contribution is -2.48. The maximum absolute atomic E-state index is 14.2. The number of nitrogens with zero attached hydrogens (tertiary/aromatic N) is 5. The van der Waals surface area contributed by atoms with Gasteiger partial charge < -0.3 is 14.6 Å². The molecule has 222 valence electrons. The first kappa shape index (κ1) is 27.3. The third-order valence-electron chi connectivity index (χ3n) is 9.51. The molecule has 0 unspecified atom stereocenters. The Hall–Kier alpha value is -3.58. The van der Waals surface area contributed by atoms with Gasteiger partial charge in [-0.05, 0) is 55.0 Å². The summed E-state index contributed by atoms with van der Waals surface area (Å²) in [5, 5.41) is 11.5. The number of pyridine rings is 1. The van der Waals surface area contributed by atoms with Gasteiger partial charge in [0.25, 0.3) is 5.92 Å². The zero-order valence-electron chi connectivity index (χ0n) is 23.0. The fraction of sp³-hybridized carbons (Fsp3) is 0.483. The Labute approximate surface area is 237 Å². The van der Waals surface area contributed by atoms with Crippen LogP contribution in [0.3, 0.4) is 0 Å². The number of imidazole rings is 1. The van der Waals surface area contributed by atoms with Gasteiger partial charge in [0.05, 0.1) is 28.3 Å². The first-order valence-electron chi connectivity index (χ1n) is 13.8. The van der Waals surface area contributed by atoms with E-state index in [0.29, 0.717) is 31.4 Å². The number of hydrogen-bond acceptors (Lipinski definition) is 5. The van der Waals surface area contributed by atoms with Crippen molar-refractivity contribution in [2.24, 2.45) is 12.5 Å². The Morgan fingerprint density at radius 2 is 1.86 bits per heavy atom. The first-order chi connectivity index (χ1) is 19.9. The van der Waals surface area contributed by atoms with Crippen molar-refractivity contribution in [3.8, 4) is 5.69 Å². The summed E-state index contributed by atoms with van der Waals surface area (Å²) < 4.78 is 79.3. The molecule has 3 aliphatic carbocycles. The van der Waals surface area contributed by atoms with Crippen molar-refractivity contribution in [1.82, 2.24) is 29.0 Å². The van der Waals surface area contributed by atoms with Gasteiger partial charge >= 0.3 is 11.9 Å². The molecule has 4 aromatic rings. The van der Waals surface area contributed by atoms with Crippen LogP contribution in [0, 0.1) is 5.41 Å². The van der Waals surface area contributed by atoms with Gasteiger partial charge in [0.1, 0.15) is 12.2 Å². The molecule has 0 radical (unpaired) electrons. The van der Waals surface area contributed by atoms with Gasteiger partial charge in [-0.1, -0.05) is 12.1 Å². The summed E-state index contributed by atoms with van der Waals surface area (Å²) in [5.74, 6) is -1.90. The number of alkyl halides is 5. The average Bonchev–Trinajstić information content (AvgIpc) is 3.14. The Balaban J connectivity index is 1.23. The van der Waals surface area contributed by atoms with Crippen LogP contribution >= 0.6 is 0 Å². The second-order valence-electron chi connectivity index (χ2n) is 12.1. The van der Waals surface area contributed by atoms with Crippen molar-refractivity contribution in [2.45, 2.75) is 68.3 Å². The largest absolute Gasteiger partial charge is 0.418 e. The number of halogens is 5. The van der Waals surface area contributed by atoms with Crippen LogP contribution < -0.4 is 11.0 Å². The third kappa shape index (κ3) is 4.03. The summed E-state index contributed by atoms with van der Waals surface area (Å²) in [4.78, 5) is 13.6. The highest BCUT2D eigenvalue weighted by molar-refractivity contribution is 5.58. The molecule has 0 bridgehead atoms. The van der Waals surface area contributed by atoms with Crippen molar-refractivity contribution in [1.29, 1.82) is 0 Å². The van der Waals surface area contributed by atoms with Crippen molar-refractivity contribution >= 4 is 5.52 Å². The molecule has 3 fully saturated rings. The maximum atomic E-state index is 14.2. The van der Waals surface area contributed by atoms with Gasteiger partial charge in [-0.15, -0.1) is 10.2 Å². The molecule has 8 nitrogen and oxygen atoms in total. The molecule has 42 heavy (non-hydrogen) atoms. The first-order valence-corrected chi connectivity index (χ1v) is 13.8. The van der Waals surface area contributed by atoms with Crippen LogP contribution in [-0.2, 0) is 29.9 Å². The molecule has 0 amide bonds. The standard InChI is InChI=1S/C29H29F5N6O2/c1-38-16-36-37-24(38)27(10-21(11-27)42-2)18-4-3-5-20(7-18)39-14-23-22(29(32,33)34)6-17(13-40(23)25(39)41)12-35-19-8-26(9-19)15-28(26,30)31/h3-7,13-14,16,19,21,35H,8-12,15H2,1-2H3. The van der Waals surface area contributed by atoms with E-state index in [4.69, 9.17) is 4.74 Å². The van der Waals surface area contributed by atoms with Gasteiger partial charge in [0, 0.05) is 51.0 Å². The van der Waals surface area contributed by atoms with Crippen LogP contribution in [0.15, 0.2) is 53.8 Å². The number of nitrogens with one attached hydrogen (secondary N) is 1. The lowest BCUT2D eigenvalue weighted by Gasteiger charge is -2.46. The topological polar surface area (TPSA) is 78.4 Å². The van der Waals surface area contributed by atoms with Crippen LogP contribution in [0.4, 0.5) is 22.0 Å². The molecule has 0 aliphatic heterocycles. The fourth-order valence-electron chi connectivity index (χ4n) is 6.97. The minimum absolute atomic E-state index is 0.0118. The second kappa shape index (κ2) is 8.96. The van der Waals surface area contributed by atoms with Crippen LogP contribution in [-0.4, -0.2) is 48.9 Å². The van der Waals surface area contributed by atoms with E-state index >= 15 is 0 Å². The van der Waals surface area contributed by atoms with Crippen LogP contribution in [0.2, 0.25) is 0 Å². The molecule has 0 atom stereocenters. The van der Waals surface area contributed by atoms with Crippen LogP contribution in [0.1, 0.15) is 54.6 Å². The van der Waals surface area contributed by atoms with Crippen molar-refractivity contribution in [3.63, 3.8) is 0 Å². The normalized spacial score (nSPS) is 28.2. The van der Waals surface area contributed by atoms with Crippen molar-refractivity contribution in [3.05, 3.63) is 82.1 Å². The van der Waals surface area contributed by atoms with Gasteiger partial charge in [-0.2, -0.15) is 13.2 Å². The van der Waals surface area contributed by atoms with E-state index in [0.717, 1.165) is 21.9 Å². The zero-order valence-corrected chi connectivity index (χ0v) is 23.0. The van der Waals surface area contributed by atoms with Crippen molar-refractivity contribution in [2.75, 3.05) is 7.11 Å². The molecule has 7 rings (SSSR count). The van der Waals surface area contributed by atoms with E-state index < -0.39 is 34.2 Å². The molecule has 13 heteroatoms. The summed E-state index contributed by atoms with van der Waals surface area (Å²) in [7, 11) is 3.49. The SMILES string of the molecule is COC1CC(c2cccc(-n3cc4c(C(F)(F)F)cc(CNC5CC6(C5)CC6(F)F)cn4c3=O)c2)(c2nncn2C)C1. The van der Waals surface area contributed by atoms with Gasteiger partial charge in [0.2, 0.25) is 0 Å². The summed E-state index contributed by atoms with van der Waals surface area (Å²) >= 11 is 0. The zero-order chi connectivity index (χ0) is 29.7. The fourth-order valence-corrected chi connectivity index (χ4v) is 6.97.